The Balaban J connectivity index is 2.13. The van der Waals surface area contributed by atoms with Crippen molar-refractivity contribution in [2.75, 3.05) is 0 Å². The van der Waals surface area contributed by atoms with Crippen molar-refractivity contribution in [1.82, 2.24) is 4.72 Å². The summed E-state index contributed by atoms with van der Waals surface area (Å²) in [4.78, 5) is 11.4. The van der Waals surface area contributed by atoms with Gasteiger partial charge in [-0.05, 0) is 63.1 Å². The van der Waals surface area contributed by atoms with Crippen molar-refractivity contribution in [2.24, 2.45) is 5.92 Å². The number of benzene rings is 1. The monoisotopic (exact) mass is 339 g/mol. The maximum Gasteiger partial charge on any atom is 0.313 e. The molecule has 1 fully saturated rings. The summed E-state index contributed by atoms with van der Waals surface area (Å²) < 4.78 is 27.7. The molecule has 0 spiro atoms. The molecule has 5 nitrogen and oxygen atoms in total. The number of nitrogens with one attached hydrogen (secondary N) is 1. The van der Waals surface area contributed by atoms with Crippen LogP contribution >= 0.6 is 0 Å². The number of sulfonamides is 1. The molecular weight excluding hydrogens is 314 g/mol. The van der Waals surface area contributed by atoms with E-state index in [-0.39, 0.29) is 10.9 Å². The Morgan fingerprint density at radius 3 is 2.13 bits per heavy atom. The molecule has 1 saturated carbocycles. The zero-order valence-electron chi connectivity index (χ0n) is 13.9. The summed E-state index contributed by atoms with van der Waals surface area (Å²) in [5, 5.41) is 9.23. The first-order valence-electron chi connectivity index (χ1n) is 7.99. The van der Waals surface area contributed by atoms with Gasteiger partial charge < -0.3 is 5.11 Å². The molecule has 2 rings (SSSR count). The second kappa shape index (κ2) is 6.61. The SMILES string of the molecule is CC1CCC(NS(=O)(=O)c2ccc(C(C)(C)C(=O)O)cc2)CC1. The molecule has 0 bridgehead atoms. The quantitative estimate of drug-likeness (QED) is 0.864. The fourth-order valence-corrected chi connectivity index (χ4v) is 4.14. The number of carboxylic acid groups (broad SMARTS) is 1. The van der Waals surface area contributed by atoms with Gasteiger partial charge in [0.2, 0.25) is 10.0 Å². The first-order valence-corrected chi connectivity index (χ1v) is 9.47. The van der Waals surface area contributed by atoms with E-state index in [4.69, 9.17) is 0 Å². The van der Waals surface area contributed by atoms with Gasteiger partial charge in [-0.3, -0.25) is 4.79 Å². The Labute approximate surface area is 138 Å². The van der Waals surface area contributed by atoms with Crippen molar-refractivity contribution in [3.05, 3.63) is 29.8 Å². The van der Waals surface area contributed by atoms with Crippen LogP contribution in [0.1, 0.15) is 52.0 Å². The van der Waals surface area contributed by atoms with Gasteiger partial charge in [0, 0.05) is 6.04 Å². The fraction of sp³-hybridized carbons (Fsp3) is 0.588. The Hall–Kier alpha value is -1.40. The van der Waals surface area contributed by atoms with E-state index in [0.29, 0.717) is 11.5 Å². The van der Waals surface area contributed by atoms with Crippen LogP contribution in [0.4, 0.5) is 0 Å². The molecule has 1 aliphatic carbocycles. The Morgan fingerprint density at radius 2 is 1.65 bits per heavy atom. The van der Waals surface area contributed by atoms with E-state index in [1.54, 1.807) is 26.0 Å². The number of carboxylic acids is 1. The highest BCUT2D eigenvalue weighted by atomic mass is 32.2. The molecular formula is C17H25NO4S. The van der Waals surface area contributed by atoms with Crippen LogP contribution in [0.3, 0.4) is 0 Å². The minimum Gasteiger partial charge on any atom is -0.481 e. The van der Waals surface area contributed by atoms with Gasteiger partial charge in [0.25, 0.3) is 0 Å². The third-order valence-electron chi connectivity index (χ3n) is 4.76. The predicted molar refractivity (Wildman–Crippen MR) is 88.8 cm³/mol. The summed E-state index contributed by atoms with van der Waals surface area (Å²) in [7, 11) is -3.56. The fourth-order valence-electron chi connectivity index (χ4n) is 2.84. The van der Waals surface area contributed by atoms with E-state index >= 15 is 0 Å². The summed E-state index contributed by atoms with van der Waals surface area (Å²) in [5.41, 5.74) is -0.467. The van der Waals surface area contributed by atoms with Crippen molar-refractivity contribution in [3.8, 4) is 0 Å². The number of carbonyl (C=O) groups is 1. The van der Waals surface area contributed by atoms with Gasteiger partial charge in [0.1, 0.15) is 0 Å². The van der Waals surface area contributed by atoms with Gasteiger partial charge in [-0.1, -0.05) is 19.1 Å². The van der Waals surface area contributed by atoms with Crippen LogP contribution in [-0.4, -0.2) is 25.5 Å². The molecule has 0 saturated heterocycles. The zero-order valence-corrected chi connectivity index (χ0v) is 14.7. The van der Waals surface area contributed by atoms with Crippen molar-refractivity contribution in [3.63, 3.8) is 0 Å². The van der Waals surface area contributed by atoms with Gasteiger partial charge in [0.15, 0.2) is 0 Å². The third kappa shape index (κ3) is 4.12. The summed E-state index contributed by atoms with van der Waals surface area (Å²) in [6.45, 7) is 5.38. The lowest BCUT2D eigenvalue weighted by Crippen LogP contribution is -2.37. The lowest BCUT2D eigenvalue weighted by atomic mass is 9.85. The maximum atomic E-state index is 12.4. The molecule has 2 N–H and O–H groups in total. The predicted octanol–water partition coefficient (Wildman–Crippen LogP) is 2.91. The van der Waals surface area contributed by atoms with E-state index in [9.17, 15) is 18.3 Å². The number of hydrogen-bond donors (Lipinski definition) is 2. The van der Waals surface area contributed by atoms with Gasteiger partial charge in [0.05, 0.1) is 10.3 Å². The molecule has 0 atom stereocenters. The first-order chi connectivity index (χ1) is 10.6. The van der Waals surface area contributed by atoms with E-state index in [0.717, 1.165) is 25.7 Å². The zero-order chi connectivity index (χ0) is 17.3. The van der Waals surface area contributed by atoms with Gasteiger partial charge in [-0.2, -0.15) is 0 Å². The topological polar surface area (TPSA) is 83.5 Å². The summed E-state index contributed by atoms with van der Waals surface area (Å²) in [6.07, 6.45) is 3.81. The number of rotatable bonds is 5. The highest BCUT2D eigenvalue weighted by Crippen LogP contribution is 2.27. The molecule has 0 radical (unpaired) electrons. The summed E-state index contributed by atoms with van der Waals surface area (Å²) in [6, 6.07) is 6.10. The molecule has 23 heavy (non-hydrogen) atoms. The molecule has 0 unspecified atom stereocenters. The molecule has 6 heteroatoms. The molecule has 0 heterocycles. The highest BCUT2D eigenvalue weighted by Gasteiger charge is 2.30. The minimum absolute atomic E-state index is 0.00802. The van der Waals surface area contributed by atoms with Gasteiger partial charge >= 0.3 is 5.97 Å². The highest BCUT2D eigenvalue weighted by molar-refractivity contribution is 7.89. The molecule has 1 aromatic rings. The summed E-state index contributed by atoms with van der Waals surface area (Å²) >= 11 is 0. The van der Waals surface area contributed by atoms with Crippen LogP contribution in [0.15, 0.2) is 29.2 Å². The first kappa shape index (κ1) is 17.9. The molecule has 0 aliphatic heterocycles. The largest absolute Gasteiger partial charge is 0.481 e. The van der Waals surface area contributed by atoms with Crippen LogP contribution in [-0.2, 0) is 20.2 Å². The summed E-state index contributed by atoms with van der Waals surface area (Å²) in [5.74, 6) is -0.282. The van der Waals surface area contributed by atoms with Crippen LogP contribution in [0.5, 0.6) is 0 Å². The van der Waals surface area contributed by atoms with Crippen LogP contribution in [0, 0.1) is 5.92 Å². The van der Waals surface area contributed by atoms with Crippen molar-refractivity contribution in [1.29, 1.82) is 0 Å². The van der Waals surface area contributed by atoms with E-state index in [1.165, 1.54) is 12.1 Å². The number of aliphatic carboxylic acids is 1. The molecule has 1 aromatic carbocycles. The molecule has 0 aromatic heterocycles. The van der Waals surface area contributed by atoms with Gasteiger partial charge in [-0.15, -0.1) is 0 Å². The van der Waals surface area contributed by atoms with E-state index in [1.807, 2.05) is 0 Å². The molecule has 1 aliphatic rings. The van der Waals surface area contributed by atoms with Crippen LogP contribution in [0.25, 0.3) is 0 Å². The lowest BCUT2D eigenvalue weighted by Gasteiger charge is -2.26. The van der Waals surface area contributed by atoms with E-state index in [2.05, 4.69) is 11.6 Å². The Kier molecular flexibility index (Phi) is 5.16. The van der Waals surface area contributed by atoms with Crippen molar-refractivity contribution in [2.45, 2.75) is 62.8 Å². The Morgan fingerprint density at radius 1 is 1.13 bits per heavy atom. The number of hydrogen-bond acceptors (Lipinski definition) is 3. The minimum atomic E-state index is -3.56. The van der Waals surface area contributed by atoms with Crippen LogP contribution < -0.4 is 4.72 Å². The molecule has 0 amide bonds. The average Bonchev–Trinajstić information content (AvgIpc) is 2.49. The normalized spacial score (nSPS) is 22.7. The molecule has 128 valence electrons. The van der Waals surface area contributed by atoms with Crippen molar-refractivity contribution >= 4 is 16.0 Å². The standard InChI is InChI=1S/C17H25NO4S/c1-12-4-8-14(9-5-12)18-23(21,22)15-10-6-13(7-11-15)17(2,3)16(19)20/h6-7,10-12,14,18H,4-5,8-9H2,1-3H3,(H,19,20). The second-order valence-corrected chi connectivity index (χ2v) is 8.75. The van der Waals surface area contributed by atoms with Crippen LogP contribution in [0.2, 0.25) is 0 Å². The van der Waals surface area contributed by atoms with Gasteiger partial charge in [-0.25, -0.2) is 13.1 Å². The average molecular weight is 339 g/mol. The lowest BCUT2D eigenvalue weighted by molar-refractivity contribution is -0.142. The Bertz CT molecular complexity index is 656. The van der Waals surface area contributed by atoms with Crippen molar-refractivity contribution < 1.29 is 18.3 Å². The maximum absolute atomic E-state index is 12.4. The smallest absolute Gasteiger partial charge is 0.313 e. The van der Waals surface area contributed by atoms with E-state index < -0.39 is 21.4 Å². The second-order valence-electron chi connectivity index (χ2n) is 7.03. The third-order valence-corrected chi connectivity index (χ3v) is 6.30.